The number of aliphatic imine (C=N–C) groups is 1. The van der Waals surface area contributed by atoms with E-state index in [0.29, 0.717) is 0 Å². The van der Waals surface area contributed by atoms with Gasteiger partial charge in [0.25, 0.3) is 0 Å². The van der Waals surface area contributed by atoms with Crippen molar-refractivity contribution in [1.82, 2.24) is 0 Å². The molecule has 1 atom stereocenters. The number of rotatable bonds is 6. The van der Waals surface area contributed by atoms with Crippen LogP contribution in [0.15, 0.2) is 172 Å². The van der Waals surface area contributed by atoms with Gasteiger partial charge >= 0.3 is 0 Å². The van der Waals surface area contributed by atoms with Crippen molar-refractivity contribution in [3.8, 4) is 22.3 Å². The maximum absolute atomic E-state index is 6.54. The number of nitrogens with zero attached hydrogens (tertiary/aromatic N) is 1. The number of allylic oxidation sites excluding steroid dienone is 2. The summed E-state index contributed by atoms with van der Waals surface area (Å²) in [5, 5.41) is 4.61. The highest BCUT2D eigenvalue weighted by atomic mass is 16.3. The second kappa shape index (κ2) is 12.3. The second-order valence-electron chi connectivity index (χ2n) is 15.1. The SMILES string of the molecule is C/C(=C\C(=N/C(C)c1cccc(-c2ccc3c(c2)C(C)(C)c2c-3ccc3c2oc2ccccc23)c1)c1ccccc1)c1cccc2oc3ccccc3c12. The summed E-state index contributed by atoms with van der Waals surface area (Å²) in [5.41, 5.74) is 16.5. The van der Waals surface area contributed by atoms with Crippen LogP contribution in [-0.2, 0) is 5.41 Å². The zero-order chi connectivity index (χ0) is 36.6. The van der Waals surface area contributed by atoms with Crippen molar-refractivity contribution >= 4 is 55.2 Å². The molecule has 10 rings (SSSR count). The van der Waals surface area contributed by atoms with Crippen LogP contribution in [0.25, 0.3) is 71.7 Å². The van der Waals surface area contributed by atoms with Crippen LogP contribution in [0.1, 0.15) is 61.6 Å². The summed E-state index contributed by atoms with van der Waals surface area (Å²) in [5.74, 6) is 0. The Morgan fingerprint density at radius 1 is 0.611 bits per heavy atom. The van der Waals surface area contributed by atoms with Crippen LogP contribution in [0.2, 0.25) is 0 Å². The van der Waals surface area contributed by atoms with Crippen LogP contribution in [0, 0.1) is 0 Å². The summed E-state index contributed by atoms with van der Waals surface area (Å²) < 4.78 is 12.8. The molecule has 0 bridgehead atoms. The maximum Gasteiger partial charge on any atom is 0.140 e. The lowest BCUT2D eigenvalue weighted by molar-refractivity contribution is 0.620. The molecule has 0 aliphatic heterocycles. The molecule has 3 nitrogen and oxygen atoms in total. The zero-order valence-electron chi connectivity index (χ0n) is 30.9. The van der Waals surface area contributed by atoms with Gasteiger partial charge in [0.05, 0.1) is 11.8 Å². The van der Waals surface area contributed by atoms with Crippen molar-refractivity contribution in [3.05, 3.63) is 186 Å². The van der Waals surface area contributed by atoms with E-state index in [9.17, 15) is 0 Å². The van der Waals surface area contributed by atoms with E-state index in [1.165, 1.54) is 49.7 Å². The van der Waals surface area contributed by atoms with Crippen molar-refractivity contribution in [2.45, 2.75) is 39.2 Å². The molecule has 2 aromatic heterocycles. The van der Waals surface area contributed by atoms with Crippen molar-refractivity contribution in [2.24, 2.45) is 4.99 Å². The lowest BCUT2D eigenvalue weighted by Crippen LogP contribution is -2.15. The number of hydrogen-bond acceptors (Lipinski definition) is 3. The van der Waals surface area contributed by atoms with Gasteiger partial charge < -0.3 is 8.83 Å². The first-order chi connectivity index (χ1) is 26.3. The number of benzene rings is 7. The summed E-state index contributed by atoms with van der Waals surface area (Å²) in [6.07, 6.45) is 2.23. The molecular formula is C51H39NO2. The van der Waals surface area contributed by atoms with Gasteiger partial charge in [0.15, 0.2) is 0 Å². The first-order valence-corrected chi connectivity index (χ1v) is 18.8. The fraction of sp³-hybridized carbons (Fsp3) is 0.118. The first-order valence-electron chi connectivity index (χ1n) is 18.8. The van der Waals surface area contributed by atoms with E-state index in [0.717, 1.165) is 55.5 Å². The smallest absolute Gasteiger partial charge is 0.140 e. The van der Waals surface area contributed by atoms with Crippen LogP contribution in [0.5, 0.6) is 0 Å². The molecule has 0 amide bonds. The minimum absolute atomic E-state index is 0.0776. The highest BCUT2D eigenvalue weighted by Crippen LogP contribution is 2.53. The van der Waals surface area contributed by atoms with Gasteiger partial charge in [0.1, 0.15) is 22.3 Å². The highest BCUT2D eigenvalue weighted by molar-refractivity contribution is 6.16. The predicted octanol–water partition coefficient (Wildman–Crippen LogP) is 14.1. The van der Waals surface area contributed by atoms with Crippen LogP contribution in [0.4, 0.5) is 0 Å². The summed E-state index contributed by atoms with van der Waals surface area (Å²) in [7, 11) is 0. The highest BCUT2D eigenvalue weighted by Gasteiger charge is 2.38. The molecule has 0 spiro atoms. The van der Waals surface area contributed by atoms with Crippen molar-refractivity contribution in [2.75, 3.05) is 0 Å². The average Bonchev–Trinajstić information content (AvgIpc) is 3.85. The molecule has 54 heavy (non-hydrogen) atoms. The van der Waals surface area contributed by atoms with Gasteiger partial charge in [0, 0.05) is 32.5 Å². The third-order valence-corrected chi connectivity index (χ3v) is 11.4. The molecule has 0 saturated heterocycles. The van der Waals surface area contributed by atoms with Crippen molar-refractivity contribution in [1.29, 1.82) is 0 Å². The second-order valence-corrected chi connectivity index (χ2v) is 15.1. The van der Waals surface area contributed by atoms with Gasteiger partial charge in [-0.15, -0.1) is 0 Å². The molecule has 7 aromatic carbocycles. The molecule has 1 unspecified atom stereocenters. The third-order valence-electron chi connectivity index (χ3n) is 11.4. The summed E-state index contributed by atoms with van der Waals surface area (Å²) in [4.78, 5) is 5.41. The van der Waals surface area contributed by atoms with Crippen LogP contribution < -0.4 is 0 Å². The topological polar surface area (TPSA) is 38.6 Å². The Hall–Kier alpha value is -6.45. The van der Waals surface area contributed by atoms with Gasteiger partial charge in [0.2, 0.25) is 0 Å². The minimum atomic E-state index is -0.217. The Kier molecular flexibility index (Phi) is 7.35. The number of furan rings is 2. The summed E-state index contributed by atoms with van der Waals surface area (Å²) >= 11 is 0. The molecule has 2 heterocycles. The molecule has 1 aliphatic carbocycles. The zero-order valence-corrected chi connectivity index (χ0v) is 30.9. The lowest BCUT2D eigenvalue weighted by Gasteiger charge is -2.22. The maximum atomic E-state index is 6.54. The fourth-order valence-electron chi connectivity index (χ4n) is 8.70. The monoisotopic (exact) mass is 697 g/mol. The van der Waals surface area contributed by atoms with Gasteiger partial charge in [-0.1, -0.05) is 129 Å². The lowest BCUT2D eigenvalue weighted by atomic mass is 9.81. The molecule has 260 valence electrons. The molecule has 9 aromatic rings. The molecule has 1 aliphatic rings. The first kappa shape index (κ1) is 32.2. The van der Waals surface area contributed by atoms with Crippen LogP contribution >= 0.6 is 0 Å². The third kappa shape index (κ3) is 5.07. The van der Waals surface area contributed by atoms with Crippen LogP contribution in [-0.4, -0.2) is 5.71 Å². The molecule has 0 saturated carbocycles. The van der Waals surface area contributed by atoms with Gasteiger partial charge in [-0.2, -0.15) is 0 Å². The number of hydrogen-bond donors (Lipinski definition) is 0. The average molecular weight is 698 g/mol. The van der Waals surface area contributed by atoms with Crippen LogP contribution in [0.3, 0.4) is 0 Å². The Labute approximate surface area is 314 Å². The Morgan fingerprint density at radius 2 is 1.30 bits per heavy atom. The number of para-hydroxylation sites is 2. The van der Waals surface area contributed by atoms with Gasteiger partial charge in [-0.3, -0.25) is 4.99 Å². The van der Waals surface area contributed by atoms with E-state index in [2.05, 4.69) is 161 Å². The largest absolute Gasteiger partial charge is 0.456 e. The van der Waals surface area contributed by atoms with Crippen molar-refractivity contribution < 1.29 is 8.83 Å². The van der Waals surface area contributed by atoms with E-state index in [4.69, 9.17) is 13.8 Å². The molecular weight excluding hydrogens is 659 g/mol. The fourth-order valence-corrected chi connectivity index (χ4v) is 8.70. The Balaban J connectivity index is 1.02. The van der Waals surface area contributed by atoms with E-state index in [1.54, 1.807) is 0 Å². The van der Waals surface area contributed by atoms with Gasteiger partial charge in [-0.05, 0) is 106 Å². The standard InChI is InChI=1S/C51H39NO2/c1-31(37-20-13-23-47-48(37)42-19-9-11-22-46(42)53-47)28-44(33-14-6-5-7-15-33)52-32(2)34-16-12-17-35(29-34)36-24-25-38-40-26-27-41-39-18-8-10-21-45(39)54-50(41)49(40)51(3,4)43(38)30-36/h5-30,32H,1-4H3/b31-28+,52-44+. The summed E-state index contributed by atoms with van der Waals surface area (Å²) in [6.45, 7) is 9.03. The van der Waals surface area contributed by atoms with E-state index in [1.807, 2.05) is 24.3 Å². The Bertz CT molecular complexity index is 2990. The molecule has 0 radical (unpaired) electrons. The minimum Gasteiger partial charge on any atom is -0.456 e. The van der Waals surface area contributed by atoms with Crippen molar-refractivity contribution in [3.63, 3.8) is 0 Å². The molecule has 0 fully saturated rings. The van der Waals surface area contributed by atoms with E-state index >= 15 is 0 Å². The molecule has 0 N–H and O–H groups in total. The van der Waals surface area contributed by atoms with E-state index < -0.39 is 0 Å². The quantitative estimate of drug-likeness (QED) is 0.162. The van der Waals surface area contributed by atoms with Gasteiger partial charge in [-0.25, -0.2) is 0 Å². The number of fused-ring (bicyclic) bond motifs is 10. The molecule has 3 heteroatoms. The summed E-state index contributed by atoms with van der Waals surface area (Å²) in [6, 6.07) is 53.7. The predicted molar refractivity (Wildman–Crippen MR) is 225 cm³/mol. The normalized spacial score (nSPS) is 14.6. The van der Waals surface area contributed by atoms with E-state index in [-0.39, 0.29) is 11.5 Å². The Morgan fingerprint density at radius 3 is 2.13 bits per heavy atom.